The maximum absolute atomic E-state index is 5.70. The molecule has 2 rings (SSSR count). The van der Waals surface area contributed by atoms with E-state index in [2.05, 4.69) is 38.4 Å². The van der Waals surface area contributed by atoms with Gasteiger partial charge in [-0.15, -0.1) is 0 Å². The van der Waals surface area contributed by atoms with Crippen LogP contribution in [0.5, 0.6) is 0 Å². The minimum Gasteiger partial charge on any atom is -0.380 e. The molecule has 4 heteroatoms. The average Bonchev–Trinajstić information content (AvgIpc) is 2.38. The van der Waals surface area contributed by atoms with Gasteiger partial charge in [0.2, 0.25) is 0 Å². The van der Waals surface area contributed by atoms with Gasteiger partial charge in [0.1, 0.15) is 0 Å². The van der Waals surface area contributed by atoms with E-state index in [-0.39, 0.29) is 0 Å². The van der Waals surface area contributed by atoms with Crippen LogP contribution in [0.3, 0.4) is 0 Å². The van der Waals surface area contributed by atoms with E-state index in [0.717, 1.165) is 16.7 Å². The van der Waals surface area contributed by atoms with Crippen molar-refractivity contribution in [2.24, 2.45) is 5.73 Å². The maximum atomic E-state index is 5.70. The fraction of sp³-hybridized carbons (Fsp3) is 0.154. The molecule has 0 atom stereocenters. The molecule has 0 spiro atoms. The van der Waals surface area contributed by atoms with Crippen LogP contribution in [-0.4, -0.2) is 4.98 Å². The molecule has 2 aromatic rings. The van der Waals surface area contributed by atoms with Crippen molar-refractivity contribution in [2.45, 2.75) is 13.1 Å². The van der Waals surface area contributed by atoms with E-state index in [1.54, 1.807) is 12.4 Å². The van der Waals surface area contributed by atoms with Crippen molar-refractivity contribution in [3.05, 3.63) is 58.3 Å². The zero-order chi connectivity index (χ0) is 12.1. The molecule has 3 N–H and O–H groups in total. The van der Waals surface area contributed by atoms with Gasteiger partial charge in [0, 0.05) is 25.5 Å². The minimum atomic E-state index is 0.565. The number of hydrogen-bond acceptors (Lipinski definition) is 3. The second-order valence-electron chi connectivity index (χ2n) is 3.68. The molecule has 3 nitrogen and oxygen atoms in total. The smallest absolute Gasteiger partial charge is 0.0590 e. The Kier molecular flexibility index (Phi) is 4.12. The molecule has 0 radical (unpaired) electrons. The summed E-state index contributed by atoms with van der Waals surface area (Å²) < 4.78 is 0.963. The van der Waals surface area contributed by atoms with Gasteiger partial charge in [-0.2, -0.15) is 0 Å². The number of nitrogens with zero attached hydrogens (tertiary/aromatic N) is 1. The molecular formula is C13H14BrN3. The molecule has 0 amide bonds. The Balaban J connectivity index is 2.10. The molecule has 0 aliphatic rings. The molecule has 1 aromatic carbocycles. The highest BCUT2D eigenvalue weighted by molar-refractivity contribution is 9.10. The van der Waals surface area contributed by atoms with Crippen LogP contribution in [0.25, 0.3) is 0 Å². The Labute approximate surface area is 109 Å². The van der Waals surface area contributed by atoms with Crippen molar-refractivity contribution in [3.63, 3.8) is 0 Å². The van der Waals surface area contributed by atoms with Crippen LogP contribution in [-0.2, 0) is 13.1 Å². The first-order valence-electron chi connectivity index (χ1n) is 5.41. The van der Waals surface area contributed by atoms with Crippen LogP contribution in [0.15, 0.2) is 47.2 Å². The van der Waals surface area contributed by atoms with Crippen LogP contribution in [0.2, 0.25) is 0 Å². The molecule has 17 heavy (non-hydrogen) atoms. The third-order valence-electron chi connectivity index (χ3n) is 2.58. The second kappa shape index (κ2) is 5.80. The van der Waals surface area contributed by atoms with Crippen molar-refractivity contribution in [2.75, 3.05) is 5.32 Å². The highest BCUT2D eigenvalue weighted by atomic mass is 79.9. The summed E-state index contributed by atoms with van der Waals surface area (Å²) in [5, 5.41) is 3.36. The number of aromatic nitrogens is 1. The molecule has 0 saturated carbocycles. The third kappa shape index (κ3) is 3.05. The van der Waals surface area contributed by atoms with Gasteiger partial charge < -0.3 is 11.1 Å². The average molecular weight is 292 g/mol. The number of pyridine rings is 1. The Bertz CT molecular complexity index is 500. The lowest BCUT2D eigenvalue weighted by molar-refractivity contribution is 1.01. The number of anilines is 1. The van der Waals surface area contributed by atoms with E-state index in [0.29, 0.717) is 6.54 Å². The van der Waals surface area contributed by atoms with Crippen molar-refractivity contribution >= 4 is 21.6 Å². The van der Waals surface area contributed by atoms with Gasteiger partial charge in [-0.25, -0.2) is 0 Å². The molecule has 1 heterocycles. The quantitative estimate of drug-likeness (QED) is 0.911. The van der Waals surface area contributed by atoms with Gasteiger partial charge in [0.15, 0.2) is 0 Å². The van der Waals surface area contributed by atoms with Crippen LogP contribution in [0.1, 0.15) is 11.1 Å². The zero-order valence-electron chi connectivity index (χ0n) is 9.36. The first-order valence-corrected chi connectivity index (χ1v) is 6.21. The topological polar surface area (TPSA) is 50.9 Å². The SMILES string of the molecule is NCc1ccccc1CNc1ccncc1Br. The number of nitrogens with two attached hydrogens (primary N) is 1. The largest absolute Gasteiger partial charge is 0.380 e. The van der Waals surface area contributed by atoms with Crippen LogP contribution < -0.4 is 11.1 Å². The number of halogens is 1. The van der Waals surface area contributed by atoms with Crippen LogP contribution >= 0.6 is 15.9 Å². The Morgan fingerprint density at radius 1 is 1.18 bits per heavy atom. The summed E-state index contributed by atoms with van der Waals surface area (Å²) in [4.78, 5) is 4.03. The van der Waals surface area contributed by atoms with Gasteiger partial charge in [-0.05, 0) is 33.1 Å². The molecule has 1 aromatic heterocycles. The van der Waals surface area contributed by atoms with E-state index < -0.39 is 0 Å². The van der Waals surface area contributed by atoms with E-state index >= 15 is 0 Å². The molecule has 88 valence electrons. The molecule has 0 aliphatic carbocycles. The van der Waals surface area contributed by atoms with Gasteiger partial charge in [-0.3, -0.25) is 4.98 Å². The standard InChI is InChI=1S/C13H14BrN3/c14-12-9-16-6-5-13(12)17-8-11-4-2-1-3-10(11)7-15/h1-6,9H,7-8,15H2,(H,16,17). The van der Waals surface area contributed by atoms with Gasteiger partial charge in [-0.1, -0.05) is 24.3 Å². The zero-order valence-corrected chi connectivity index (χ0v) is 10.9. The monoisotopic (exact) mass is 291 g/mol. The van der Waals surface area contributed by atoms with Crippen LogP contribution in [0, 0.1) is 0 Å². The molecule has 0 fully saturated rings. The summed E-state index contributed by atoms with van der Waals surface area (Å²) in [6.07, 6.45) is 3.54. The third-order valence-corrected chi connectivity index (χ3v) is 3.21. The summed E-state index contributed by atoms with van der Waals surface area (Å²) in [7, 11) is 0. The first kappa shape index (κ1) is 12.1. The highest BCUT2D eigenvalue weighted by Crippen LogP contribution is 2.21. The number of rotatable bonds is 4. The summed E-state index contributed by atoms with van der Waals surface area (Å²) in [6, 6.07) is 10.1. The summed E-state index contributed by atoms with van der Waals surface area (Å²) in [5.74, 6) is 0. The number of benzene rings is 1. The number of hydrogen-bond donors (Lipinski definition) is 2. The van der Waals surface area contributed by atoms with E-state index in [4.69, 9.17) is 5.73 Å². The predicted molar refractivity (Wildman–Crippen MR) is 73.6 cm³/mol. The lowest BCUT2D eigenvalue weighted by Gasteiger charge is -2.11. The van der Waals surface area contributed by atoms with Gasteiger partial charge >= 0.3 is 0 Å². The van der Waals surface area contributed by atoms with Crippen molar-refractivity contribution < 1.29 is 0 Å². The fourth-order valence-electron chi connectivity index (χ4n) is 1.64. The van der Waals surface area contributed by atoms with Crippen LogP contribution in [0.4, 0.5) is 5.69 Å². The van der Waals surface area contributed by atoms with E-state index in [1.165, 1.54) is 11.1 Å². The van der Waals surface area contributed by atoms with Crippen molar-refractivity contribution in [3.8, 4) is 0 Å². The van der Waals surface area contributed by atoms with E-state index in [9.17, 15) is 0 Å². The highest BCUT2D eigenvalue weighted by Gasteiger charge is 2.01. The van der Waals surface area contributed by atoms with Gasteiger partial charge in [0.25, 0.3) is 0 Å². The fourth-order valence-corrected chi connectivity index (χ4v) is 2.03. The lowest BCUT2D eigenvalue weighted by atomic mass is 10.1. The number of nitrogens with one attached hydrogen (secondary N) is 1. The molecule has 0 bridgehead atoms. The van der Waals surface area contributed by atoms with Crippen molar-refractivity contribution in [1.29, 1.82) is 0 Å². The molecule has 0 aliphatic heterocycles. The van der Waals surface area contributed by atoms with Crippen molar-refractivity contribution in [1.82, 2.24) is 4.98 Å². The van der Waals surface area contributed by atoms with Gasteiger partial charge in [0.05, 0.1) is 10.2 Å². The van der Waals surface area contributed by atoms with E-state index in [1.807, 2.05) is 18.2 Å². The predicted octanol–water partition coefficient (Wildman–Crippen LogP) is 2.91. The second-order valence-corrected chi connectivity index (χ2v) is 4.54. The molecule has 0 unspecified atom stereocenters. The Morgan fingerprint density at radius 2 is 1.94 bits per heavy atom. The first-order chi connectivity index (χ1) is 8.31. The summed E-state index contributed by atoms with van der Waals surface area (Å²) in [6.45, 7) is 1.32. The Hall–Kier alpha value is -1.39. The maximum Gasteiger partial charge on any atom is 0.0590 e. The summed E-state index contributed by atoms with van der Waals surface area (Å²) >= 11 is 3.46. The molecule has 0 saturated heterocycles. The lowest BCUT2D eigenvalue weighted by Crippen LogP contribution is -2.06. The minimum absolute atomic E-state index is 0.565. The Morgan fingerprint density at radius 3 is 2.65 bits per heavy atom. The summed E-state index contributed by atoms with van der Waals surface area (Å²) in [5.41, 5.74) is 9.13. The molecular weight excluding hydrogens is 278 g/mol. The normalized spacial score (nSPS) is 10.2.